The fourth-order valence-corrected chi connectivity index (χ4v) is 2.15. The second-order valence-corrected chi connectivity index (χ2v) is 5.14. The molecule has 3 rings (SSSR count). The van der Waals surface area contributed by atoms with E-state index in [1.54, 1.807) is 24.3 Å². The second kappa shape index (κ2) is 6.49. The Labute approximate surface area is 143 Å². The number of nitrogens with zero attached hydrogens (tertiary/aromatic N) is 3. The van der Waals surface area contributed by atoms with E-state index in [1.165, 1.54) is 0 Å². The molecule has 2 heterocycles. The molecule has 1 aromatic carbocycles. The zero-order valence-corrected chi connectivity index (χ0v) is 13.2. The van der Waals surface area contributed by atoms with Gasteiger partial charge >= 0.3 is 5.69 Å². The number of nitrogens with one attached hydrogen (secondary N) is 3. The average Bonchev–Trinajstić information content (AvgIpc) is 2.87. The van der Waals surface area contributed by atoms with Gasteiger partial charge in [-0.05, 0) is 18.3 Å². The Morgan fingerprint density at radius 3 is 2.60 bits per heavy atom. The van der Waals surface area contributed by atoms with E-state index in [4.69, 9.17) is 12.2 Å². The first-order chi connectivity index (χ1) is 12.0. The van der Waals surface area contributed by atoms with E-state index >= 15 is 0 Å². The number of aromatic amines is 3. The zero-order valence-electron chi connectivity index (χ0n) is 12.3. The van der Waals surface area contributed by atoms with Crippen LogP contribution in [0.3, 0.4) is 0 Å². The molecular formula is C14H10N6O4S. The van der Waals surface area contributed by atoms with Crippen LogP contribution >= 0.6 is 12.2 Å². The Bertz CT molecular complexity index is 1140. The lowest BCUT2D eigenvalue weighted by Gasteiger charge is -1.95. The summed E-state index contributed by atoms with van der Waals surface area (Å²) in [5.74, 6) is -0.821. The summed E-state index contributed by atoms with van der Waals surface area (Å²) in [6.07, 6.45) is 0.945. The molecule has 10 nitrogen and oxygen atoms in total. The van der Waals surface area contributed by atoms with Gasteiger partial charge < -0.3 is 15.2 Å². The monoisotopic (exact) mass is 358 g/mol. The molecule has 5 N–H and O–H groups in total. The number of azo groups is 1. The van der Waals surface area contributed by atoms with E-state index in [0.29, 0.717) is 10.9 Å². The van der Waals surface area contributed by atoms with Crippen LogP contribution in [0.1, 0.15) is 5.56 Å². The highest BCUT2D eigenvalue weighted by molar-refractivity contribution is 7.80. The van der Waals surface area contributed by atoms with Crippen LogP contribution in [-0.4, -0.2) is 36.5 Å². The van der Waals surface area contributed by atoms with Crippen LogP contribution in [0.4, 0.5) is 5.69 Å². The van der Waals surface area contributed by atoms with Crippen molar-refractivity contribution < 1.29 is 10.2 Å². The molecule has 126 valence electrons. The Morgan fingerprint density at radius 1 is 1.08 bits per heavy atom. The van der Waals surface area contributed by atoms with Gasteiger partial charge in [0, 0.05) is 11.6 Å². The van der Waals surface area contributed by atoms with Crippen molar-refractivity contribution in [2.75, 3.05) is 0 Å². The zero-order chi connectivity index (χ0) is 18.0. The topological polar surface area (TPSA) is 159 Å². The minimum absolute atomic E-state index is 0.175. The van der Waals surface area contributed by atoms with Crippen molar-refractivity contribution >= 4 is 40.1 Å². The molecule has 0 amide bonds. The first-order valence-electron chi connectivity index (χ1n) is 6.80. The number of aromatic nitrogens is 3. The van der Waals surface area contributed by atoms with Gasteiger partial charge in [0.25, 0.3) is 5.56 Å². The van der Waals surface area contributed by atoms with E-state index in [9.17, 15) is 19.8 Å². The van der Waals surface area contributed by atoms with Crippen molar-refractivity contribution in [1.29, 1.82) is 0 Å². The van der Waals surface area contributed by atoms with Gasteiger partial charge in [-0.25, -0.2) is 9.79 Å². The van der Waals surface area contributed by atoms with Crippen LogP contribution in [0.5, 0.6) is 11.8 Å². The lowest BCUT2D eigenvalue weighted by atomic mass is 10.2. The van der Waals surface area contributed by atoms with Crippen LogP contribution in [0.2, 0.25) is 0 Å². The number of hydrogen-bond donors (Lipinski definition) is 5. The van der Waals surface area contributed by atoms with Gasteiger partial charge in [-0.2, -0.15) is 0 Å². The van der Waals surface area contributed by atoms with Crippen LogP contribution in [0.25, 0.3) is 10.9 Å². The standard InChI is InChI=1S/C14H10N6O4S/c21-10-7(11(22)18-13(24)17-10)5-15-14(25)20-19-9-6-3-1-2-4-8(6)16-12(9)23/h1-5,16,23H,(H3,17,18,21,22,24). The molecule has 0 radical (unpaired) electrons. The van der Waals surface area contributed by atoms with Gasteiger partial charge in [0.1, 0.15) is 5.56 Å². The number of aliphatic imine (C=N–C) groups is 1. The van der Waals surface area contributed by atoms with Gasteiger partial charge in [0.15, 0.2) is 5.69 Å². The fraction of sp³-hybridized carbons (Fsp3) is 0. The third kappa shape index (κ3) is 3.35. The van der Waals surface area contributed by atoms with Crippen molar-refractivity contribution in [3.63, 3.8) is 0 Å². The first kappa shape index (κ1) is 16.3. The summed E-state index contributed by atoms with van der Waals surface area (Å²) in [5.41, 5.74) is -1.10. The summed E-state index contributed by atoms with van der Waals surface area (Å²) in [7, 11) is 0. The third-order valence-electron chi connectivity index (χ3n) is 3.16. The third-order valence-corrected chi connectivity index (χ3v) is 3.34. The Balaban J connectivity index is 1.85. The number of rotatable bonds is 2. The number of H-pyrrole nitrogens is 3. The van der Waals surface area contributed by atoms with E-state index in [0.717, 1.165) is 6.21 Å². The summed E-state index contributed by atoms with van der Waals surface area (Å²) in [6, 6.07) is 7.07. The van der Waals surface area contributed by atoms with Gasteiger partial charge in [0.2, 0.25) is 16.9 Å². The number of para-hydroxylation sites is 1. The van der Waals surface area contributed by atoms with Gasteiger partial charge in [0.05, 0.1) is 5.52 Å². The first-order valence-corrected chi connectivity index (χ1v) is 7.21. The summed E-state index contributed by atoms with van der Waals surface area (Å²) in [4.78, 5) is 32.9. The van der Waals surface area contributed by atoms with E-state index in [1.807, 2.05) is 9.97 Å². The largest absolute Gasteiger partial charge is 0.494 e. The number of hydrogen-bond acceptors (Lipinski definition) is 6. The number of thiocarbonyl (C=S) groups is 1. The molecule has 0 fully saturated rings. The lowest BCUT2D eigenvalue weighted by Crippen LogP contribution is -2.24. The normalized spacial score (nSPS) is 11.7. The van der Waals surface area contributed by atoms with E-state index < -0.39 is 17.1 Å². The molecular weight excluding hydrogens is 348 g/mol. The molecule has 0 aliphatic heterocycles. The smallest absolute Gasteiger partial charge is 0.328 e. The van der Waals surface area contributed by atoms with Crippen molar-refractivity contribution in [3.8, 4) is 11.8 Å². The van der Waals surface area contributed by atoms with Crippen molar-refractivity contribution in [3.05, 3.63) is 50.7 Å². The highest BCUT2D eigenvalue weighted by Gasteiger charge is 2.10. The van der Waals surface area contributed by atoms with Gasteiger partial charge in [-0.15, -0.1) is 10.2 Å². The van der Waals surface area contributed by atoms with Crippen LogP contribution in [0.15, 0.2) is 49.1 Å². The lowest BCUT2D eigenvalue weighted by molar-refractivity contribution is 0.447. The number of benzene rings is 1. The fourth-order valence-electron chi connectivity index (χ4n) is 2.06. The Morgan fingerprint density at radius 2 is 1.84 bits per heavy atom. The quantitative estimate of drug-likeness (QED) is 0.266. The molecule has 3 aromatic rings. The predicted octanol–water partition coefficient (Wildman–Crippen LogP) is 1.44. The molecule has 0 unspecified atom stereocenters. The average molecular weight is 358 g/mol. The maximum Gasteiger partial charge on any atom is 0.328 e. The second-order valence-electron chi connectivity index (χ2n) is 4.78. The number of aromatic hydroxyl groups is 2. The van der Waals surface area contributed by atoms with Gasteiger partial charge in [-0.1, -0.05) is 18.2 Å². The molecule has 0 aliphatic rings. The van der Waals surface area contributed by atoms with Gasteiger partial charge in [-0.3, -0.25) is 14.8 Å². The molecule has 0 atom stereocenters. The molecule has 11 heteroatoms. The van der Waals surface area contributed by atoms with Crippen molar-refractivity contribution in [2.45, 2.75) is 0 Å². The minimum atomic E-state index is -0.850. The maximum atomic E-state index is 11.5. The van der Waals surface area contributed by atoms with Crippen LogP contribution in [-0.2, 0) is 0 Å². The predicted molar refractivity (Wildman–Crippen MR) is 94.0 cm³/mol. The number of fused-ring (bicyclic) bond motifs is 1. The van der Waals surface area contributed by atoms with Crippen molar-refractivity contribution in [1.82, 2.24) is 15.0 Å². The molecule has 0 aliphatic carbocycles. The summed E-state index contributed by atoms with van der Waals surface area (Å²) < 4.78 is 0. The molecule has 2 aromatic heterocycles. The molecule has 0 bridgehead atoms. The molecule has 0 spiro atoms. The Hall–Kier alpha value is -3.60. The summed E-state index contributed by atoms with van der Waals surface area (Å²) in [5, 5.41) is 27.3. The van der Waals surface area contributed by atoms with Crippen molar-refractivity contribution in [2.24, 2.45) is 15.2 Å². The Kier molecular flexibility index (Phi) is 4.22. The molecule has 25 heavy (non-hydrogen) atoms. The highest BCUT2D eigenvalue weighted by atomic mass is 32.1. The molecule has 0 saturated heterocycles. The van der Waals surface area contributed by atoms with Crippen LogP contribution in [0, 0.1) is 0 Å². The SMILES string of the molecule is O=c1[nH]c(O)c(C=NC(=S)N=Nc2c(O)[nH]c3ccccc23)c(=O)[nH]1. The summed E-state index contributed by atoms with van der Waals surface area (Å²) in [6.45, 7) is 0. The van der Waals surface area contributed by atoms with E-state index in [2.05, 4.69) is 20.2 Å². The highest BCUT2D eigenvalue weighted by Crippen LogP contribution is 2.35. The summed E-state index contributed by atoms with van der Waals surface area (Å²) >= 11 is 4.89. The maximum absolute atomic E-state index is 11.5. The minimum Gasteiger partial charge on any atom is -0.494 e. The van der Waals surface area contributed by atoms with Crippen LogP contribution < -0.4 is 11.2 Å². The molecule has 0 saturated carbocycles. The van der Waals surface area contributed by atoms with E-state index in [-0.39, 0.29) is 22.2 Å².